The molecule has 0 amide bonds. The fourth-order valence-corrected chi connectivity index (χ4v) is 1.96. The van der Waals surface area contributed by atoms with E-state index in [1.807, 2.05) is 45.9 Å². The molecule has 1 aromatic carbocycles. The van der Waals surface area contributed by atoms with Gasteiger partial charge in [-0.1, -0.05) is 6.07 Å². The SMILES string of the molecule is CNNc1ccc(B2OC(C)(C)C(C)(C)O2)cc1N. The van der Waals surface area contributed by atoms with Gasteiger partial charge in [-0.15, -0.1) is 0 Å². The highest BCUT2D eigenvalue weighted by molar-refractivity contribution is 6.62. The fourth-order valence-electron chi connectivity index (χ4n) is 1.96. The maximum Gasteiger partial charge on any atom is 0.494 e. The highest BCUT2D eigenvalue weighted by Gasteiger charge is 2.51. The Morgan fingerprint density at radius 3 is 2.16 bits per heavy atom. The summed E-state index contributed by atoms with van der Waals surface area (Å²) in [6.07, 6.45) is 0. The Balaban J connectivity index is 2.23. The number of nitrogens with one attached hydrogen (secondary N) is 2. The van der Waals surface area contributed by atoms with Crippen molar-refractivity contribution in [1.29, 1.82) is 0 Å². The lowest BCUT2D eigenvalue weighted by Crippen LogP contribution is -2.41. The second-order valence-electron chi connectivity index (χ2n) is 5.81. The maximum absolute atomic E-state index is 6.00. The lowest BCUT2D eigenvalue weighted by atomic mass is 9.79. The predicted octanol–water partition coefficient (Wildman–Crippen LogP) is 1.11. The lowest BCUT2D eigenvalue weighted by Gasteiger charge is -2.32. The molecule has 1 saturated heterocycles. The van der Waals surface area contributed by atoms with Gasteiger partial charge in [0.15, 0.2) is 0 Å². The van der Waals surface area contributed by atoms with E-state index in [9.17, 15) is 0 Å². The molecule has 0 bridgehead atoms. The Morgan fingerprint density at radius 1 is 1.11 bits per heavy atom. The van der Waals surface area contributed by atoms with Crippen LogP contribution in [-0.4, -0.2) is 25.4 Å². The van der Waals surface area contributed by atoms with Crippen molar-refractivity contribution in [2.45, 2.75) is 38.9 Å². The number of hydrazine groups is 1. The van der Waals surface area contributed by atoms with Crippen molar-refractivity contribution in [3.63, 3.8) is 0 Å². The number of nitrogens with two attached hydrogens (primary N) is 1. The van der Waals surface area contributed by atoms with Crippen LogP contribution in [-0.2, 0) is 9.31 Å². The van der Waals surface area contributed by atoms with Crippen molar-refractivity contribution in [1.82, 2.24) is 5.43 Å². The maximum atomic E-state index is 6.00. The molecule has 0 aliphatic carbocycles. The number of benzene rings is 1. The molecule has 104 valence electrons. The van der Waals surface area contributed by atoms with Crippen molar-refractivity contribution >= 4 is 24.0 Å². The van der Waals surface area contributed by atoms with Gasteiger partial charge in [-0.3, -0.25) is 0 Å². The molecule has 0 aromatic heterocycles. The summed E-state index contributed by atoms with van der Waals surface area (Å²) in [5.74, 6) is 0. The summed E-state index contributed by atoms with van der Waals surface area (Å²) < 4.78 is 12.0. The molecule has 1 aliphatic heterocycles. The molecule has 2 rings (SSSR count). The van der Waals surface area contributed by atoms with Gasteiger partial charge in [-0.05, 0) is 45.3 Å². The van der Waals surface area contributed by atoms with Crippen LogP contribution in [0.1, 0.15) is 27.7 Å². The van der Waals surface area contributed by atoms with Crippen molar-refractivity contribution < 1.29 is 9.31 Å². The molecule has 19 heavy (non-hydrogen) atoms. The Bertz CT molecular complexity index is 461. The quantitative estimate of drug-likeness (QED) is 0.433. The average molecular weight is 263 g/mol. The second-order valence-corrected chi connectivity index (χ2v) is 5.81. The number of hydrogen-bond donors (Lipinski definition) is 3. The van der Waals surface area contributed by atoms with Gasteiger partial charge in [0, 0.05) is 7.05 Å². The molecule has 4 N–H and O–H groups in total. The third-order valence-electron chi connectivity index (χ3n) is 3.86. The summed E-state index contributed by atoms with van der Waals surface area (Å²) in [5.41, 5.74) is 13.6. The van der Waals surface area contributed by atoms with E-state index in [0.717, 1.165) is 11.2 Å². The van der Waals surface area contributed by atoms with Gasteiger partial charge in [0.2, 0.25) is 0 Å². The molecular formula is C13H22BN3O2. The summed E-state index contributed by atoms with van der Waals surface area (Å²) in [7, 11) is 1.41. The zero-order chi connectivity index (χ0) is 14.3. The minimum absolute atomic E-state index is 0.339. The van der Waals surface area contributed by atoms with Gasteiger partial charge in [0.25, 0.3) is 0 Å². The van der Waals surface area contributed by atoms with Crippen LogP contribution in [0.4, 0.5) is 11.4 Å². The van der Waals surface area contributed by atoms with E-state index in [0.29, 0.717) is 5.69 Å². The monoisotopic (exact) mass is 263 g/mol. The van der Waals surface area contributed by atoms with Crippen LogP contribution >= 0.6 is 0 Å². The van der Waals surface area contributed by atoms with E-state index in [1.165, 1.54) is 0 Å². The second kappa shape index (κ2) is 4.70. The van der Waals surface area contributed by atoms with Crippen molar-refractivity contribution in [2.24, 2.45) is 0 Å². The first-order chi connectivity index (χ1) is 8.77. The number of hydrogen-bond acceptors (Lipinski definition) is 5. The summed E-state index contributed by atoms with van der Waals surface area (Å²) >= 11 is 0. The Morgan fingerprint density at radius 2 is 1.68 bits per heavy atom. The van der Waals surface area contributed by atoms with E-state index < -0.39 is 0 Å². The predicted molar refractivity (Wildman–Crippen MR) is 79.3 cm³/mol. The summed E-state index contributed by atoms with van der Waals surface area (Å²) in [5, 5.41) is 0. The highest BCUT2D eigenvalue weighted by Crippen LogP contribution is 2.36. The molecule has 0 spiro atoms. The molecular weight excluding hydrogens is 241 g/mol. The van der Waals surface area contributed by atoms with Crippen LogP contribution in [0.3, 0.4) is 0 Å². The van der Waals surface area contributed by atoms with Gasteiger partial charge in [0.05, 0.1) is 22.6 Å². The summed E-state index contributed by atoms with van der Waals surface area (Å²) in [6.45, 7) is 8.14. The average Bonchev–Trinajstić information content (AvgIpc) is 2.51. The minimum Gasteiger partial charge on any atom is -0.399 e. The number of rotatable bonds is 3. The van der Waals surface area contributed by atoms with Crippen LogP contribution in [0.2, 0.25) is 0 Å². The van der Waals surface area contributed by atoms with E-state index in [1.54, 1.807) is 7.05 Å². The molecule has 1 aliphatic rings. The van der Waals surface area contributed by atoms with Crippen LogP contribution in [0.15, 0.2) is 18.2 Å². The molecule has 0 unspecified atom stereocenters. The molecule has 0 radical (unpaired) electrons. The Labute approximate surface area is 115 Å². The fraction of sp³-hybridized carbons (Fsp3) is 0.538. The molecule has 5 nitrogen and oxygen atoms in total. The van der Waals surface area contributed by atoms with Gasteiger partial charge in [0.1, 0.15) is 0 Å². The van der Waals surface area contributed by atoms with E-state index in [4.69, 9.17) is 15.0 Å². The van der Waals surface area contributed by atoms with Gasteiger partial charge >= 0.3 is 7.12 Å². The molecule has 6 heteroatoms. The van der Waals surface area contributed by atoms with Crippen LogP contribution in [0, 0.1) is 0 Å². The van der Waals surface area contributed by atoms with E-state index in [-0.39, 0.29) is 18.3 Å². The van der Waals surface area contributed by atoms with Gasteiger partial charge in [-0.25, -0.2) is 5.43 Å². The normalized spacial score (nSPS) is 20.6. The van der Waals surface area contributed by atoms with Crippen molar-refractivity contribution in [2.75, 3.05) is 18.2 Å². The topological polar surface area (TPSA) is 68.5 Å². The van der Waals surface area contributed by atoms with Crippen LogP contribution in [0.25, 0.3) is 0 Å². The number of anilines is 2. The standard InChI is InChI=1S/C13H22BN3O2/c1-12(2)13(3,4)19-14(18-12)9-6-7-11(17-16-5)10(15)8-9/h6-8,16-17H,15H2,1-5H3. The molecule has 0 saturated carbocycles. The summed E-state index contributed by atoms with van der Waals surface area (Å²) in [6, 6.07) is 5.74. The zero-order valence-corrected chi connectivity index (χ0v) is 12.2. The Kier molecular flexibility index (Phi) is 3.51. The molecule has 1 fully saturated rings. The van der Waals surface area contributed by atoms with Crippen LogP contribution in [0.5, 0.6) is 0 Å². The molecule has 1 heterocycles. The minimum atomic E-state index is -0.379. The lowest BCUT2D eigenvalue weighted by molar-refractivity contribution is 0.00578. The molecule has 1 aromatic rings. The highest BCUT2D eigenvalue weighted by atomic mass is 16.7. The third kappa shape index (κ3) is 2.56. The van der Waals surface area contributed by atoms with Crippen molar-refractivity contribution in [3.8, 4) is 0 Å². The first-order valence-corrected chi connectivity index (χ1v) is 6.45. The Hall–Kier alpha value is -1.24. The van der Waals surface area contributed by atoms with Crippen molar-refractivity contribution in [3.05, 3.63) is 18.2 Å². The summed E-state index contributed by atoms with van der Waals surface area (Å²) in [4.78, 5) is 0. The van der Waals surface area contributed by atoms with Gasteiger partial charge in [-0.2, -0.15) is 0 Å². The zero-order valence-electron chi connectivity index (χ0n) is 12.2. The third-order valence-corrected chi connectivity index (χ3v) is 3.86. The molecule has 0 atom stereocenters. The van der Waals surface area contributed by atoms with E-state index >= 15 is 0 Å². The number of nitrogen functional groups attached to an aromatic ring is 1. The van der Waals surface area contributed by atoms with E-state index in [2.05, 4.69) is 10.9 Å². The van der Waals surface area contributed by atoms with Crippen LogP contribution < -0.4 is 22.0 Å². The first kappa shape index (κ1) is 14.2. The smallest absolute Gasteiger partial charge is 0.399 e. The first-order valence-electron chi connectivity index (χ1n) is 6.45. The largest absolute Gasteiger partial charge is 0.494 e. The van der Waals surface area contributed by atoms with Gasteiger partial charge < -0.3 is 20.5 Å².